The second kappa shape index (κ2) is 6.06. The number of nitro benzene ring substituents is 1. The normalized spacial score (nSPS) is 17.5. The number of anilines is 1. The van der Waals surface area contributed by atoms with Gasteiger partial charge in [0.2, 0.25) is 0 Å². The fourth-order valence-corrected chi connectivity index (χ4v) is 2.30. The molecule has 0 aliphatic carbocycles. The summed E-state index contributed by atoms with van der Waals surface area (Å²) in [7, 11) is 1.39. The molecule has 20 heavy (non-hydrogen) atoms. The van der Waals surface area contributed by atoms with Crippen molar-refractivity contribution in [1.29, 1.82) is 0 Å². The molecule has 1 aromatic carbocycles. The van der Waals surface area contributed by atoms with E-state index >= 15 is 0 Å². The molecule has 110 valence electrons. The van der Waals surface area contributed by atoms with Crippen LogP contribution in [-0.4, -0.2) is 42.5 Å². The summed E-state index contributed by atoms with van der Waals surface area (Å²) in [5.41, 5.74) is 0.158. The van der Waals surface area contributed by atoms with Crippen LogP contribution < -0.4 is 10.1 Å². The zero-order chi connectivity index (χ0) is 14.6. The SMILES string of the molecule is COc1cc(NC2(CO)CCOCC2)ccc1[N+](=O)[O-]. The number of ether oxygens (including phenoxy) is 2. The van der Waals surface area contributed by atoms with Gasteiger partial charge in [0, 0.05) is 31.0 Å². The van der Waals surface area contributed by atoms with E-state index in [0.29, 0.717) is 31.7 Å². The van der Waals surface area contributed by atoms with E-state index in [1.807, 2.05) is 0 Å². The summed E-state index contributed by atoms with van der Waals surface area (Å²) in [5, 5.41) is 23.7. The molecule has 2 N–H and O–H groups in total. The van der Waals surface area contributed by atoms with Crippen LogP contribution >= 0.6 is 0 Å². The minimum Gasteiger partial charge on any atom is -0.490 e. The van der Waals surface area contributed by atoms with Crippen LogP contribution in [0.3, 0.4) is 0 Å². The minimum atomic E-state index is -0.487. The molecule has 0 bridgehead atoms. The zero-order valence-electron chi connectivity index (χ0n) is 11.3. The maximum absolute atomic E-state index is 10.8. The number of methoxy groups -OCH3 is 1. The Balaban J connectivity index is 2.22. The molecule has 2 rings (SSSR count). The monoisotopic (exact) mass is 282 g/mol. The van der Waals surface area contributed by atoms with Gasteiger partial charge in [0.1, 0.15) is 0 Å². The summed E-state index contributed by atoms with van der Waals surface area (Å²) < 4.78 is 10.3. The van der Waals surface area contributed by atoms with Crippen molar-refractivity contribution in [2.45, 2.75) is 18.4 Å². The van der Waals surface area contributed by atoms with Crippen LogP contribution in [0.15, 0.2) is 18.2 Å². The second-order valence-electron chi connectivity index (χ2n) is 4.82. The smallest absolute Gasteiger partial charge is 0.311 e. The van der Waals surface area contributed by atoms with Crippen molar-refractivity contribution in [3.8, 4) is 5.75 Å². The minimum absolute atomic E-state index is 0.0182. The van der Waals surface area contributed by atoms with Gasteiger partial charge in [0.15, 0.2) is 5.75 Å². The lowest BCUT2D eigenvalue weighted by atomic mass is 9.90. The molecule has 1 heterocycles. The fourth-order valence-electron chi connectivity index (χ4n) is 2.30. The third-order valence-corrected chi connectivity index (χ3v) is 3.54. The van der Waals surface area contributed by atoms with E-state index in [1.165, 1.54) is 13.2 Å². The third-order valence-electron chi connectivity index (χ3n) is 3.54. The van der Waals surface area contributed by atoms with E-state index in [1.54, 1.807) is 12.1 Å². The summed E-state index contributed by atoms with van der Waals surface area (Å²) in [6.45, 7) is 1.14. The summed E-state index contributed by atoms with van der Waals surface area (Å²) in [5.74, 6) is 0.195. The molecule has 7 nitrogen and oxygen atoms in total. The molecule has 0 saturated carbocycles. The molecular weight excluding hydrogens is 264 g/mol. The molecule has 1 aliphatic heterocycles. The first-order valence-corrected chi connectivity index (χ1v) is 6.39. The summed E-state index contributed by atoms with van der Waals surface area (Å²) >= 11 is 0. The van der Waals surface area contributed by atoms with Gasteiger partial charge in [0.05, 0.1) is 24.2 Å². The molecule has 1 aromatic rings. The van der Waals surface area contributed by atoms with E-state index in [2.05, 4.69) is 5.32 Å². The first-order chi connectivity index (χ1) is 9.60. The Morgan fingerprint density at radius 2 is 2.20 bits per heavy atom. The van der Waals surface area contributed by atoms with E-state index < -0.39 is 10.5 Å². The van der Waals surface area contributed by atoms with Gasteiger partial charge in [-0.25, -0.2) is 0 Å². The average Bonchev–Trinajstić information content (AvgIpc) is 2.47. The van der Waals surface area contributed by atoms with Crippen molar-refractivity contribution in [2.75, 3.05) is 32.2 Å². The van der Waals surface area contributed by atoms with Crippen LogP contribution in [0.4, 0.5) is 11.4 Å². The first-order valence-electron chi connectivity index (χ1n) is 6.39. The quantitative estimate of drug-likeness (QED) is 0.628. The Labute approximate surface area is 116 Å². The number of rotatable bonds is 5. The largest absolute Gasteiger partial charge is 0.490 e. The highest BCUT2D eigenvalue weighted by atomic mass is 16.6. The van der Waals surface area contributed by atoms with Gasteiger partial charge in [-0.3, -0.25) is 10.1 Å². The van der Waals surface area contributed by atoms with Crippen LogP contribution in [0, 0.1) is 10.1 Å². The van der Waals surface area contributed by atoms with Gasteiger partial charge in [-0.05, 0) is 18.9 Å². The summed E-state index contributed by atoms with van der Waals surface area (Å²) in [4.78, 5) is 10.4. The number of benzene rings is 1. The molecule has 0 atom stereocenters. The van der Waals surface area contributed by atoms with E-state index in [4.69, 9.17) is 9.47 Å². The highest BCUT2D eigenvalue weighted by molar-refractivity contribution is 5.59. The Morgan fingerprint density at radius 1 is 1.50 bits per heavy atom. The van der Waals surface area contributed by atoms with Crippen molar-refractivity contribution in [3.63, 3.8) is 0 Å². The van der Waals surface area contributed by atoms with Crippen molar-refractivity contribution in [3.05, 3.63) is 28.3 Å². The lowest BCUT2D eigenvalue weighted by molar-refractivity contribution is -0.385. The van der Waals surface area contributed by atoms with Crippen LogP contribution in [0.5, 0.6) is 5.75 Å². The standard InChI is InChI=1S/C13H18N2O5/c1-19-12-8-10(2-3-11(12)15(17)18)14-13(9-16)4-6-20-7-5-13/h2-3,8,14,16H,4-7,9H2,1H3. The molecule has 0 radical (unpaired) electrons. The Kier molecular flexibility index (Phi) is 4.41. The number of hydrogen-bond donors (Lipinski definition) is 2. The fraction of sp³-hybridized carbons (Fsp3) is 0.538. The molecule has 0 amide bonds. The lowest BCUT2D eigenvalue weighted by Crippen LogP contribution is -2.46. The van der Waals surface area contributed by atoms with Crippen molar-refractivity contribution in [1.82, 2.24) is 0 Å². The number of aliphatic hydroxyl groups excluding tert-OH is 1. The van der Waals surface area contributed by atoms with E-state index in [-0.39, 0.29) is 18.0 Å². The molecule has 7 heteroatoms. The van der Waals surface area contributed by atoms with Crippen molar-refractivity contribution >= 4 is 11.4 Å². The van der Waals surface area contributed by atoms with Crippen LogP contribution in [0.2, 0.25) is 0 Å². The number of nitro groups is 1. The van der Waals surface area contributed by atoms with Crippen LogP contribution in [0.1, 0.15) is 12.8 Å². The number of hydrogen-bond acceptors (Lipinski definition) is 6. The highest BCUT2D eigenvalue weighted by Gasteiger charge is 2.32. The average molecular weight is 282 g/mol. The topological polar surface area (TPSA) is 93.9 Å². The Bertz CT molecular complexity index is 486. The number of nitrogens with one attached hydrogen (secondary N) is 1. The lowest BCUT2D eigenvalue weighted by Gasteiger charge is -2.37. The Hall–Kier alpha value is -1.86. The maximum Gasteiger partial charge on any atom is 0.311 e. The molecule has 0 unspecified atom stereocenters. The maximum atomic E-state index is 10.8. The predicted molar refractivity (Wildman–Crippen MR) is 73.1 cm³/mol. The Morgan fingerprint density at radius 3 is 2.75 bits per heavy atom. The molecule has 0 aromatic heterocycles. The third kappa shape index (κ3) is 3.00. The van der Waals surface area contributed by atoms with Crippen LogP contribution in [0.25, 0.3) is 0 Å². The van der Waals surface area contributed by atoms with Crippen LogP contribution in [-0.2, 0) is 4.74 Å². The molecular formula is C13H18N2O5. The first kappa shape index (κ1) is 14.5. The van der Waals surface area contributed by atoms with Gasteiger partial charge < -0.3 is 19.9 Å². The second-order valence-corrected chi connectivity index (χ2v) is 4.82. The molecule has 0 spiro atoms. The van der Waals surface area contributed by atoms with Crippen molar-refractivity contribution < 1.29 is 19.5 Å². The molecule has 1 saturated heterocycles. The molecule has 1 aliphatic rings. The van der Waals surface area contributed by atoms with Crippen molar-refractivity contribution in [2.24, 2.45) is 0 Å². The number of aliphatic hydroxyl groups is 1. The predicted octanol–water partition coefficient (Wildman–Crippen LogP) is 1.56. The van der Waals surface area contributed by atoms with Gasteiger partial charge in [0.25, 0.3) is 0 Å². The van der Waals surface area contributed by atoms with Gasteiger partial charge in [-0.1, -0.05) is 0 Å². The number of nitrogens with zero attached hydrogens (tertiary/aromatic N) is 1. The summed E-state index contributed by atoms with van der Waals surface area (Å²) in [6, 6.07) is 4.59. The van der Waals surface area contributed by atoms with Gasteiger partial charge in [-0.15, -0.1) is 0 Å². The van der Waals surface area contributed by atoms with E-state index in [0.717, 1.165) is 0 Å². The van der Waals surface area contributed by atoms with E-state index in [9.17, 15) is 15.2 Å². The highest BCUT2D eigenvalue weighted by Crippen LogP contribution is 2.32. The molecule has 1 fully saturated rings. The summed E-state index contributed by atoms with van der Waals surface area (Å²) in [6.07, 6.45) is 1.37. The van der Waals surface area contributed by atoms with Gasteiger partial charge >= 0.3 is 5.69 Å². The zero-order valence-corrected chi connectivity index (χ0v) is 11.3. The van der Waals surface area contributed by atoms with Gasteiger partial charge in [-0.2, -0.15) is 0 Å².